The van der Waals surface area contributed by atoms with Gasteiger partial charge in [0, 0.05) is 13.1 Å². The molecule has 0 bridgehead atoms. The monoisotopic (exact) mass is 297 g/mol. The summed E-state index contributed by atoms with van der Waals surface area (Å²) in [5, 5.41) is 12.5. The fraction of sp³-hybridized carbons (Fsp3) is 0.786. The zero-order valence-electron chi connectivity index (χ0n) is 12.8. The minimum Gasteiger partial charge on any atom is -0.391 e. The number of rotatable bonds is 3. The number of hydrogen-bond acceptors (Lipinski definition) is 4. The molecule has 3 atom stereocenters. The third-order valence-electron chi connectivity index (χ3n) is 4.62. The highest BCUT2D eigenvalue weighted by Crippen LogP contribution is 2.22. The molecular weight excluding hydrogens is 274 g/mol. The summed E-state index contributed by atoms with van der Waals surface area (Å²) in [7, 11) is 0. The van der Waals surface area contributed by atoms with Gasteiger partial charge in [0.25, 0.3) is 5.91 Å². The molecule has 0 saturated carbocycles. The van der Waals surface area contributed by atoms with Crippen LogP contribution in [0.2, 0.25) is 0 Å². The molecule has 0 radical (unpaired) electrons. The first-order valence-corrected chi connectivity index (χ1v) is 7.38. The molecule has 3 unspecified atom stereocenters. The molecule has 21 heavy (non-hydrogen) atoms. The number of carbonyl (C=O) groups excluding carboxylic acids is 3. The first-order chi connectivity index (χ1) is 9.78. The molecule has 2 aliphatic rings. The van der Waals surface area contributed by atoms with Crippen LogP contribution in [0.3, 0.4) is 0 Å². The quantitative estimate of drug-likeness (QED) is 0.714. The van der Waals surface area contributed by atoms with Crippen LogP contribution in [0.5, 0.6) is 0 Å². The van der Waals surface area contributed by atoms with Crippen LogP contribution in [0.25, 0.3) is 0 Å². The van der Waals surface area contributed by atoms with E-state index in [-0.39, 0.29) is 30.8 Å². The average Bonchev–Trinajstić information content (AvgIpc) is 2.66. The maximum absolute atomic E-state index is 12.2. The van der Waals surface area contributed by atoms with E-state index in [0.717, 1.165) is 11.3 Å². The van der Waals surface area contributed by atoms with Gasteiger partial charge in [0.05, 0.1) is 6.10 Å². The summed E-state index contributed by atoms with van der Waals surface area (Å²) in [6.45, 7) is 5.95. The Hall–Kier alpha value is -1.63. The van der Waals surface area contributed by atoms with E-state index in [4.69, 9.17) is 0 Å². The van der Waals surface area contributed by atoms with E-state index in [1.807, 2.05) is 13.8 Å². The van der Waals surface area contributed by atoms with Crippen LogP contribution < -0.4 is 5.32 Å². The second-order valence-electron chi connectivity index (χ2n) is 6.18. The molecule has 0 spiro atoms. The van der Waals surface area contributed by atoms with Gasteiger partial charge in [0.15, 0.2) is 0 Å². The maximum atomic E-state index is 12.2. The predicted molar refractivity (Wildman–Crippen MR) is 75.3 cm³/mol. The molecule has 2 rings (SSSR count). The molecule has 0 aromatic carbocycles. The van der Waals surface area contributed by atoms with Crippen molar-refractivity contribution in [1.29, 1.82) is 0 Å². The van der Waals surface area contributed by atoms with E-state index < -0.39 is 17.7 Å². The summed E-state index contributed by atoms with van der Waals surface area (Å²) >= 11 is 0. The fourth-order valence-electron chi connectivity index (χ4n) is 2.64. The van der Waals surface area contributed by atoms with E-state index in [2.05, 4.69) is 5.32 Å². The molecule has 118 valence electrons. The van der Waals surface area contributed by atoms with Crippen molar-refractivity contribution in [3.8, 4) is 0 Å². The molecule has 0 aliphatic carbocycles. The number of hydrogen-bond donors (Lipinski definition) is 2. The van der Waals surface area contributed by atoms with E-state index in [9.17, 15) is 19.5 Å². The largest absolute Gasteiger partial charge is 0.391 e. The summed E-state index contributed by atoms with van der Waals surface area (Å²) in [5.41, 5.74) is -0.923. The molecule has 2 heterocycles. The Morgan fingerprint density at radius 1 is 1.48 bits per heavy atom. The lowest BCUT2D eigenvalue weighted by atomic mass is 9.96. The zero-order chi connectivity index (χ0) is 15.8. The Kier molecular flexibility index (Phi) is 4.22. The van der Waals surface area contributed by atoms with Crippen molar-refractivity contribution < 1.29 is 19.5 Å². The molecule has 0 aromatic rings. The normalized spacial score (nSPS) is 33.3. The van der Waals surface area contributed by atoms with Crippen molar-refractivity contribution in [1.82, 2.24) is 15.1 Å². The van der Waals surface area contributed by atoms with Crippen molar-refractivity contribution in [2.24, 2.45) is 5.92 Å². The van der Waals surface area contributed by atoms with Gasteiger partial charge in [-0.1, -0.05) is 13.8 Å². The van der Waals surface area contributed by atoms with Crippen LogP contribution >= 0.6 is 0 Å². The predicted octanol–water partition coefficient (Wildman–Crippen LogP) is -0.0638. The average molecular weight is 297 g/mol. The molecular formula is C14H23N3O4. The molecule has 2 fully saturated rings. The SMILES string of the molecule is CCC1(C)NC(=O)N(CC(=O)N2CCC(C)C(O)C2)C1=O. The highest BCUT2D eigenvalue weighted by molar-refractivity contribution is 6.08. The highest BCUT2D eigenvalue weighted by atomic mass is 16.3. The lowest BCUT2D eigenvalue weighted by Gasteiger charge is -2.34. The smallest absolute Gasteiger partial charge is 0.325 e. The van der Waals surface area contributed by atoms with E-state index >= 15 is 0 Å². The summed E-state index contributed by atoms with van der Waals surface area (Å²) in [5.74, 6) is -0.506. The summed E-state index contributed by atoms with van der Waals surface area (Å²) in [4.78, 5) is 38.8. The van der Waals surface area contributed by atoms with Crippen molar-refractivity contribution in [3.63, 3.8) is 0 Å². The van der Waals surface area contributed by atoms with E-state index in [1.54, 1.807) is 6.92 Å². The number of urea groups is 1. The number of nitrogens with one attached hydrogen (secondary N) is 1. The van der Waals surface area contributed by atoms with Gasteiger partial charge in [-0.05, 0) is 25.7 Å². The Morgan fingerprint density at radius 3 is 2.67 bits per heavy atom. The second kappa shape index (κ2) is 5.63. The molecule has 7 nitrogen and oxygen atoms in total. The number of likely N-dealkylation sites (tertiary alicyclic amines) is 1. The lowest BCUT2D eigenvalue weighted by Crippen LogP contribution is -2.50. The summed E-state index contributed by atoms with van der Waals surface area (Å²) < 4.78 is 0. The van der Waals surface area contributed by atoms with Crippen LogP contribution in [0.4, 0.5) is 4.79 Å². The third kappa shape index (κ3) is 2.88. The number of β-amino-alcohol motifs (C(OH)–C–C–N with tert-alkyl or cyclic N) is 1. The number of aliphatic hydroxyl groups is 1. The number of amides is 4. The minimum absolute atomic E-state index is 0.161. The van der Waals surface area contributed by atoms with Crippen molar-refractivity contribution in [2.75, 3.05) is 19.6 Å². The van der Waals surface area contributed by atoms with E-state index in [0.29, 0.717) is 13.0 Å². The highest BCUT2D eigenvalue weighted by Gasteiger charge is 2.47. The number of imide groups is 1. The fourth-order valence-corrected chi connectivity index (χ4v) is 2.64. The number of nitrogens with zero attached hydrogens (tertiary/aromatic N) is 2. The van der Waals surface area contributed by atoms with Gasteiger partial charge >= 0.3 is 6.03 Å². The standard InChI is InChI=1S/C14H23N3O4/c1-4-14(3)12(20)17(13(21)15-14)8-11(19)16-6-5-9(2)10(18)7-16/h9-10,18H,4-8H2,1-3H3,(H,15,21). The van der Waals surface area contributed by atoms with Gasteiger partial charge < -0.3 is 15.3 Å². The van der Waals surface area contributed by atoms with Gasteiger partial charge in [-0.3, -0.25) is 14.5 Å². The van der Waals surface area contributed by atoms with Crippen molar-refractivity contribution in [2.45, 2.75) is 45.3 Å². The van der Waals surface area contributed by atoms with Gasteiger partial charge in [-0.15, -0.1) is 0 Å². The summed E-state index contributed by atoms with van der Waals surface area (Å²) in [6.07, 6.45) is 0.647. The van der Waals surface area contributed by atoms with Gasteiger partial charge in [0.1, 0.15) is 12.1 Å². The van der Waals surface area contributed by atoms with Gasteiger partial charge in [-0.2, -0.15) is 0 Å². The maximum Gasteiger partial charge on any atom is 0.325 e. The number of carbonyl (C=O) groups is 3. The molecule has 4 amide bonds. The molecule has 7 heteroatoms. The minimum atomic E-state index is -0.923. The van der Waals surface area contributed by atoms with Crippen LogP contribution in [0.15, 0.2) is 0 Å². The molecule has 2 saturated heterocycles. The molecule has 2 N–H and O–H groups in total. The van der Waals surface area contributed by atoms with Gasteiger partial charge in [-0.25, -0.2) is 4.79 Å². The Morgan fingerprint density at radius 2 is 2.14 bits per heavy atom. The Balaban J connectivity index is 2.00. The summed E-state index contributed by atoms with van der Waals surface area (Å²) in [6, 6.07) is -0.524. The third-order valence-corrected chi connectivity index (χ3v) is 4.62. The Labute approximate surface area is 124 Å². The molecule has 2 aliphatic heterocycles. The number of piperidine rings is 1. The number of aliphatic hydroxyl groups excluding tert-OH is 1. The van der Waals surface area contributed by atoms with Crippen LogP contribution in [-0.2, 0) is 9.59 Å². The first kappa shape index (κ1) is 15.8. The zero-order valence-corrected chi connectivity index (χ0v) is 12.8. The lowest BCUT2D eigenvalue weighted by molar-refractivity contribution is -0.141. The van der Waals surface area contributed by atoms with Crippen molar-refractivity contribution in [3.05, 3.63) is 0 Å². The molecule has 0 aromatic heterocycles. The van der Waals surface area contributed by atoms with Crippen LogP contribution in [0.1, 0.15) is 33.6 Å². The Bertz CT molecular complexity index is 467. The van der Waals surface area contributed by atoms with Crippen LogP contribution in [-0.4, -0.2) is 64.0 Å². The van der Waals surface area contributed by atoms with Crippen molar-refractivity contribution >= 4 is 17.8 Å². The van der Waals surface area contributed by atoms with Crippen LogP contribution in [0, 0.1) is 5.92 Å². The van der Waals surface area contributed by atoms with Gasteiger partial charge in [0.2, 0.25) is 5.91 Å². The topological polar surface area (TPSA) is 90.0 Å². The first-order valence-electron chi connectivity index (χ1n) is 7.38. The van der Waals surface area contributed by atoms with E-state index in [1.165, 1.54) is 4.90 Å². The second-order valence-corrected chi connectivity index (χ2v) is 6.18.